The number of benzene rings is 1. The van der Waals surface area contributed by atoms with Crippen molar-refractivity contribution in [3.05, 3.63) is 34.2 Å². The predicted octanol–water partition coefficient (Wildman–Crippen LogP) is 4.61. The van der Waals surface area contributed by atoms with Crippen molar-refractivity contribution >= 4 is 21.4 Å². The second kappa shape index (κ2) is 5.02. The average molecular weight is 261 g/mol. The van der Waals surface area contributed by atoms with Gasteiger partial charge in [0.05, 0.1) is 0 Å². The number of fused-ring (bicyclic) bond motifs is 1. The summed E-state index contributed by atoms with van der Waals surface area (Å²) in [5.74, 6) is 0. The van der Waals surface area contributed by atoms with Gasteiger partial charge in [0.15, 0.2) is 0 Å². The highest BCUT2D eigenvalue weighted by atomic mass is 32.1. The normalized spacial score (nSPS) is 12.3. The van der Waals surface area contributed by atoms with Crippen LogP contribution in [0.3, 0.4) is 0 Å². The third kappa shape index (κ3) is 2.45. The molecule has 2 aromatic rings. The van der Waals surface area contributed by atoms with E-state index in [-0.39, 0.29) is 5.41 Å². The van der Waals surface area contributed by atoms with Gasteiger partial charge >= 0.3 is 0 Å². The van der Waals surface area contributed by atoms with Crippen molar-refractivity contribution in [1.29, 1.82) is 0 Å². The van der Waals surface area contributed by atoms with E-state index in [0.717, 1.165) is 6.42 Å². The molecule has 0 amide bonds. The minimum Gasteiger partial charge on any atom is -0.326 e. The molecule has 0 radical (unpaired) electrons. The highest BCUT2D eigenvalue weighted by Gasteiger charge is 2.16. The van der Waals surface area contributed by atoms with Gasteiger partial charge < -0.3 is 5.73 Å². The molecule has 2 heteroatoms. The maximum absolute atomic E-state index is 5.88. The monoisotopic (exact) mass is 261 g/mol. The molecule has 1 heterocycles. The molecule has 0 saturated heterocycles. The Kier molecular flexibility index (Phi) is 3.79. The molecule has 2 rings (SSSR count). The van der Waals surface area contributed by atoms with Crippen LogP contribution in [0.2, 0.25) is 0 Å². The minimum absolute atomic E-state index is 0.211. The van der Waals surface area contributed by atoms with Crippen LogP contribution < -0.4 is 5.73 Å². The zero-order valence-electron chi connectivity index (χ0n) is 11.8. The summed E-state index contributed by atoms with van der Waals surface area (Å²) in [7, 11) is 0. The quantitative estimate of drug-likeness (QED) is 0.858. The summed E-state index contributed by atoms with van der Waals surface area (Å²) in [6.07, 6.45) is 2.32. The van der Waals surface area contributed by atoms with Crippen LogP contribution in [0.15, 0.2) is 18.2 Å². The molecule has 0 spiro atoms. The smallest absolute Gasteiger partial charge is 0.0349 e. The molecule has 2 N–H and O–H groups in total. The van der Waals surface area contributed by atoms with Crippen LogP contribution >= 0.6 is 11.3 Å². The molecule has 0 fully saturated rings. The van der Waals surface area contributed by atoms with E-state index in [0.29, 0.717) is 6.54 Å². The molecule has 0 aliphatic heterocycles. The fourth-order valence-corrected chi connectivity index (χ4v) is 3.47. The van der Waals surface area contributed by atoms with Gasteiger partial charge in [0, 0.05) is 16.1 Å². The molecule has 0 bridgehead atoms. The van der Waals surface area contributed by atoms with Crippen LogP contribution in [0, 0.1) is 0 Å². The highest BCUT2D eigenvalue weighted by molar-refractivity contribution is 7.19. The third-order valence-corrected chi connectivity index (χ3v) is 4.66. The third-order valence-electron chi connectivity index (χ3n) is 3.43. The van der Waals surface area contributed by atoms with Crippen LogP contribution in [-0.4, -0.2) is 0 Å². The van der Waals surface area contributed by atoms with E-state index in [1.165, 1.54) is 32.5 Å². The SMILES string of the molecule is CCCc1c(CN)sc2ccc(C(C)(C)C)cc12. The van der Waals surface area contributed by atoms with Crippen LogP contribution in [0.5, 0.6) is 0 Å². The molecule has 1 aromatic carbocycles. The first-order valence-corrected chi connectivity index (χ1v) is 7.54. The van der Waals surface area contributed by atoms with Gasteiger partial charge in [-0.2, -0.15) is 0 Å². The van der Waals surface area contributed by atoms with Crippen molar-refractivity contribution in [2.75, 3.05) is 0 Å². The van der Waals surface area contributed by atoms with Crippen LogP contribution in [0.25, 0.3) is 10.1 Å². The number of thiophene rings is 1. The first-order valence-electron chi connectivity index (χ1n) is 6.72. The Morgan fingerprint density at radius 2 is 1.94 bits per heavy atom. The molecule has 0 aliphatic carbocycles. The Morgan fingerprint density at radius 3 is 2.50 bits per heavy atom. The van der Waals surface area contributed by atoms with Gasteiger partial charge in [-0.3, -0.25) is 0 Å². The summed E-state index contributed by atoms with van der Waals surface area (Å²) in [5, 5.41) is 1.43. The van der Waals surface area contributed by atoms with Gasteiger partial charge in [-0.1, -0.05) is 40.2 Å². The summed E-state index contributed by atoms with van der Waals surface area (Å²) in [6.45, 7) is 9.70. The number of hydrogen-bond donors (Lipinski definition) is 1. The van der Waals surface area contributed by atoms with Gasteiger partial charge in [0.1, 0.15) is 0 Å². The first kappa shape index (κ1) is 13.6. The summed E-state index contributed by atoms with van der Waals surface area (Å²) >= 11 is 1.86. The summed E-state index contributed by atoms with van der Waals surface area (Å²) in [5.41, 5.74) is 8.98. The van der Waals surface area contributed by atoms with Gasteiger partial charge in [-0.15, -0.1) is 11.3 Å². The number of aryl methyl sites for hydroxylation is 1. The summed E-state index contributed by atoms with van der Waals surface area (Å²) < 4.78 is 1.38. The molecule has 0 aliphatic rings. The maximum Gasteiger partial charge on any atom is 0.0349 e. The molecular weight excluding hydrogens is 238 g/mol. The molecule has 1 nitrogen and oxygen atoms in total. The van der Waals surface area contributed by atoms with Crippen LogP contribution in [0.4, 0.5) is 0 Å². The molecule has 18 heavy (non-hydrogen) atoms. The Balaban J connectivity index is 2.63. The Hall–Kier alpha value is -0.860. The highest BCUT2D eigenvalue weighted by Crippen LogP contribution is 2.35. The zero-order chi connectivity index (χ0) is 13.3. The molecule has 0 atom stereocenters. The number of nitrogens with two attached hydrogens (primary N) is 1. The first-order chi connectivity index (χ1) is 8.47. The van der Waals surface area contributed by atoms with E-state index in [1.54, 1.807) is 0 Å². The van der Waals surface area contributed by atoms with Gasteiger partial charge in [-0.25, -0.2) is 0 Å². The van der Waals surface area contributed by atoms with E-state index in [1.807, 2.05) is 11.3 Å². The maximum atomic E-state index is 5.88. The van der Waals surface area contributed by atoms with Crippen molar-refractivity contribution < 1.29 is 0 Å². The fraction of sp³-hybridized carbons (Fsp3) is 0.500. The Morgan fingerprint density at radius 1 is 1.22 bits per heavy atom. The Labute approximate surface area is 114 Å². The van der Waals surface area contributed by atoms with E-state index < -0.39 is 0 Å². The zero-order valence-corrected chi connectivity index (χ0v) is 12.7. The molecule has 0 saturated carbocycles. The average Bonchev–Trinajstić information content (AvgIpc) is 2.66. The molecular formula is C16H23NS. The van der Waals surface area contributed by atoms with E-state index in [4.69, 9.17) is 5.73 Å². The fourth-order valence-electron chi connectivity index (χ4n) is 2.35. The second-order valence-electron chi connectivity index (χ2n) is 5.92. The lowest BCUT2D eigenvalue weighted by Gasteiger charge is -2.19. The van der Waals surface area contributed by atoms with Crippen molar-refractivity contribution in [3.63, 3.8) is 0 Å². The minimum atomic E-state index is 0.211. The standard InChI is InChI=1S/C16H23NS/c1-5-6-12-13-9-11(16(2,3)4)7-8-14(13)18-15(12)10-17/h7-9H,5-6,10,17H2,1-4H3. The van der Waals surface area contributed by atoms with Crippen molar-refractivity contribution in [3.8, 4) is 0 Å². The van der Waals surface area contributed by atoms with Crippen molar-refractivity contribution in [2.45, 2.75) is 52.5 Å². The van der Waals surface area contributed by atoms with Gasteiger partial charge in [-0.05, 0) is 40.5 Å². The lowest BCUT2D eigenvalue weighted by molar-refractivity contribution is 0.591. The predicted molar refractivity (Wildman–Crippen MR) is 82.4 cm³/mol. The van der Waals surface area contributed by atoms with Crippen LogP contribution in [0.1, 0.15) is 50.1 Å². The van der Waals surface area contributed by atoms with Crippen molar-refractivity contribution in [2.24, 2.45) is 5.73 Å². The van der Waals surface area contributed by atoms with Crippen molar-refractivity contribution in [1.82, 2.24) is 0 Å². The van der Waals surface area contributed by atoms with E-state index in [2.05, 4.69) is 45.9 Å². The van der Waals surface area contributed by atoms with Gasteiger partial charge in [0.2, 0.25) is 0 Å². The lowest BCUT2D eigenvalue weighted by atomic mass is 9.86. The second-order valence-corrected chi connectivity index (χ2v) is 7.06. The molecule has 1 aromatic heterocycles. The number of rotatable bonds is 3. The Bertz CT molecular complexity index is 546. The number of hydrogen-bond acceptors (Lipinski definition) is 2. The van der Waals surface area contributed by atoms with Gasteiger partial charge in [0.25, 0.3) is 0 Å². The van der Waals surface area contributed by atoms with E-state index in [9.17, 15) is 0 Å². The summed E-state index contributed by atoms with van der Waals surface area (Å²) in [6, 6.07) is 6.89. The van der Waals surface area contributed by atoms with E-state index >= 15 is 0 Å². The van der Waals surface area contributed by atoms with Crippen LogP contribution in [-0.2, 0) is 18.4 Å². The topological polar surface area (TPSA) is 26.0 Å². The molecule has 98 valence electrons. The largest absolute Gasteiger partial charge is 0.326 e. The lowest BCUT2D eigenvalue weighted by Crippen LogP contribution is -2.10. The molecule has 0 unspecified atom stereocenters. The summed E-state index contributed by atoms with van der Waals surface area (Å²) in [4.78, 5) is 1.36.